The Bertz CT molecular complexity index is 535. The maximum Gasteiger partial charge on any atom is 0.328 e. The van der Waals surface area contributed by atoms with Gasteiger partial charge in [0.1, 0.15) is 0 Å². The van der Waals surface area contributed by atoms with Gasteiger partial charge in [-0.25, -0.2) is 4.79 Å². The maximum absolute atomic E-state index is 11.7. The van der Waals surface area contributed by atoms with Gasteiger partial charge in [-0.1, -0.05) is 0 Å². The molecule has 0 bridgehead atoms. The number of nitrogens with one attached hydrogen (secondary N) is 1. The van der Waals surface area contributed by atoms with Crippen molar-refractivity contribution in [1.82, 2.24) is 9.55 Å². The molecular weight excluding hydrogens is 240 g/mol. The molecule has 0 spiro atoms. The van der Waals surface area contributed by atoms with Crippen LogP contribution in [0.1, 0.15) is 11.6 Å². The summed E-state index contributed by atoms with van der Waals surface area (Å²) in [6, 6.07) is -0.379. The molecule has 7 nitrogen and oxygen atoms in total. The van der Waals surface area contributed by atoms with E-state index in [1.165, 1.54) is 10.8 Å². The molecule has 3 atom stereocenters. The molecular formula is C11H16N2O5. The van der Waals surface area contributed by atoms with Gasteiger partial charge < -0.3 is 14.9 Å². The average molecular weight is 256 g/mol. The standard InChI is InChI=1S/C11H16N2O5/c1-6-2-13(11(17)12-10(6)16)8-5-18-9(4-15)7(8)3-14/h2,7-9,14-15H,3-5H2,1H3,(H,12,16,17)/t7-,8-,9+/m0/s1. The predicted octanol–water partition coefficient (Wildman–Crippen LogP) is -1.61. The molecule has 3 N–H and O–H groups in total. The Morgan fingerprint density at radius 2 is 2.17 bits per heavy atom. The fourth-order valence-corrected chi connectivity index (χ4v) is 2.26. The minimum Gasteiger partial charge on any atom is -0.396 e. The number of H-pyrrole nitrogens is 1. The largest absolute Gasteiger partial charge is 0.396 e. The van der Waals surface area contributed by atoms with Gasteiger partial charge in [0.15, 0.2) is 0 Å². The normalized spacial score (nSPS) is 27.6. The molecule has 0 saturated carbocycles. The smallest absolute Gasteiger partial charge is 0.328 e. The highest BCUT2D eigenvalue weighted by atomic mass is 16.5. The van der Waals surface area contributed by atoms with Gasteiger partial charge in [0.05, 0.1) is 32.0 Å². The lowest BCUT2D eigenvalue weighted by molar-refractivity contribution is 0.0268. The first-order valence-electron chi connectivity index (χ1n) is 5.74. The van der Waals surface area contributed by atoms with Gasteiger partial charge in [0.2, 0.25) is 0 Å². The summed E-state index contributed by atoms with van der Waals surface area (Å²) in [6.07, 6.45) is 0.969. The number of aromatic nitrogens is 2. The minimum atomic E-state index is -0.531. The van der Waals surface area contributed by atoms with Crippen LogP contribution in [-0.4, -0.2) is 45.7 Å². The van der Waals surface area contributed by atoms with Crippen molar-refractivity contribution in [2.24, 2.45) is 5.92 Å². The molecule has 18 heavy (non-hydrogen) atoms. The molecule has 2 rings (SSSR count). The molecule has 2 heterocycles. The van der Waals surface area contributed by atoms with Crippen molar-refractivity contribution in [2.45, 2.75) is 19.1 Å². The molecule has 1 aliphatic rings. The summed E-state index contributed by atoms with van der Waals surface area (Å²) >= 11 is 0. The van der Waals surface area contributed by atoms with Crippen LogP contribution >= 0.6 is 0 Å². The van der Waals surface area contributed by atoms with Crippen LogP contribution in [-0.2, 0) is 4.74 Å². The van der Waals surface area contributed by atoms with Crippen molar-refractivity contribution in [3.05, 3.63) is 32.6 Å². The van der Waals surface area contributed by atoms with E-state index >= 15 is 0 Å². The van der Waals surface area contributed by atoms with Crippen LogP contribution in [0.15, 0.2) is 15.8 Å². The number of aryl methyl sites for hydroxylation is 1. The van der Waals surface area contributed by atoms with E-state index in [1.807, 2.05) is 0 Å². The monoisotopic (exact) mass is 256 g/mol. The van der Waals surface area contributed by atoms with Crippen LogP contribution in [0.4, 0.5) is 0 Å². The molecule has 1 aromatic rings. The molecule has 100 valence electrons. The van der Waals surface area contributed by atoms with Gasteiger partial charge in [-0.05, 0) is 6.92 Å². The van der Waals surface area contributed by atoms with Crippen molar-refractivity contribution in [3.8, 4) is 0 Å². The first-order valence-corrected chi connectivity index (χ1v) is 5.74. The molecule has 0 aromatic carbocycles. The summed E-state index contributed by atoms with van der Waals surface area (Å²) < 4.78 is 6.69. The molecule has 7 heteroatoms. The van der Waals surface area contributed by atoms with Crippen LogP contribution in [0, 0.1) is 12.8 Å². The summed E-state index contributed by atoms with van der Waals surface area (Å²) in [4.78, 5) is 25.2. The summed E-state index contributed by atoms with van der Waals surface area (Å²) in [5.41, 5.74) is -0.538. The fourth-order valence-electron chi connectivity index (χ4n) is 2.26. The van der Waals surface area contributed by atoms with Crippen molar-refractivity contribution in [1.29, 1.82) is 0 Å². The summed E-state index contributed by atoms with van der Waals surface area (Å²) in [7, 11) is 0. The Kier molecular flexibility index (Phi) is 3.65. The lowest BCUT2D eigenvalue weighted by Gasteiger charge is -2.21. The Balaban J connectivity index is 2.40. The second-order valence-corrected chi connectivity index (χ2v) is 4.45. The van der Waals surface area contributed by atoms with Gasteiger partial charge in [-0.3, -0.25) is 14.3 Å². The fraction of sp³-hybridized carbons (Fsp3) is 0.636. The zero-order chi connectivity index (χ0) is 13.3. The number of rotatable bonds is 3. The number of ether oxygens (including phenoxy) is 1. The Hall–Kier alpha value is -1.44. The second-order valence-electron chi connectivity index (χ2n) is 4.45. The summed E-state index contributed by atoms with van der Waals surface area (Å²) in [6.45, 7) is 1.42. The van der Waals surface area contributed by atoms with E-state index in [0.717, 1.165) is 0 Å². The van der Waals surface area contributed by atoms with Crippen LogP contribution in [0.5, 0.6) is 0 Å². The zero-order valence-corrected chi connectivity index (χ0v) is 10.00. The van der Waals surface area contributed by atoms with E-state index in [9.17, 15) is 14.7 Å². The highest BCUT2D eigenvalue weighted by Gasteiger charge is 2.38. The van der Waals surface area contributed by atoms with Crippen molar-refractivity contribution in [2.75, 3.05) is 19.8 Å². The highest BCUT2D eigenvalue weighted by molar-refractivity contribution is 5.03. The molecule has 1 fully saturated rings. The lowest BCUT2D eigenvalue weighted by atomic mass is 9.98. The first-order chi connectivity index (χ1) is 8.58. The molecule has 1 aromatic heterocycles. The zero-order valence-electron chi connectivity index (χ0n) is 10.00. The molecule has 0 aliphatic carbocycles. The molecule has 0 radical (unpaired) electrons. The van der Waals surface area contributed by atoms with E-state index in [2.05, 4.69) is 4.98 Å². The van der Waals surface area contributed by atoms with Crippen LogP contribution in [0.2, 0.25) is 0 Å². The van der Waals surface area contributed by atoms with Crippen LogP contribution in [0.3, 0.4) is 0 Å². The van der Waals surface area contributed by atoms with Crippen molar-refractivity contribution in [3.63, 3.8) is 0 Å². The summed E-state index contributed by atoms with van der Waals surface area (Å²) in [5.74, 6) is -0.363. The predicted molar refractivity (Wildman–Crippen MR) is 62.5 cm³/mol. The topological polar surface area (TPSA) is 105 Å². The quantitative estimate of drug-likeness (QED) is 0.603. The molecule has 0 amide bonds. The molecule has 1 saturated heterocycles. The van der Waals surface area contributed by atoms with E-state index in [1.54, 1.807) is 6.92 Å². The number of aliphatic hydroxyl groups is 2. The minimum absolute atomic E-state index is 0.194. The third kappa shape index (κ3) is 2.12. The number of nitrogens with zero attached hydrogens (tertiary/aromatic N) is 1. The van der Waals surface area contributed by atoms with Gasteiger partial charge in [0, 0.05) is 17.7 Å². The first kappa shape index (κ1) is 13.0. The number of hydrogen-bond donors (Lipinski definition) is 3. The lowest BCUT2D eigenvalue weighted by Crippen LogP contribution is -2.37. The third-order valence-corrected chi connectivity index (χ3v) is 3.35. The van der Waals surface area contributed by atoms with Crippen molar-refractivity contribution < 1.29 is 14.9 Å². The molecule has 0 unspecified atom stereocenters. The van der Waals surface area contributed by atoms with Crippen LogP contribution < -0.4 is 11.2 Å². The Morgan fingerprint density at radius 1 is 1.44 bits per heavy atom. The average Bonchev–Trinajstić information content (AvgIpc) is 2.76. The van der Waals surface area contributed by atoms with Gasteiger partial charge in [-0.15, -0.1) is 0 Å². The third-order valence-electron chi connectivity index (χ3n) is 3.35. The number of aliphatic hydroxyl groups excluding tert-OH is 2. The van der Waals surface area contributed by atoms with Gasteiger partial charge in [-0.2, -0.15) is 0 Å². The van der Waals surface area contributed by atoms with Gasteiger partial charge >= 0.3 is 5.69 Å². The SMILES string of the molecule is Cc1cn([C@H]2CO[C@H](CO)[C@H]2CO)c(=O)[nH]c1=O. The molecule has 1 aliphatic heterocycles. The van der Waals surface area contributed by atoms with E-state index in [0.29, 0.717) is 5.56 Å². The Morgan fingerprint density at radius 3 is 2.78 bits per heavy atom. The number of hydrogen-bond acceptors (Lipinski definition) is 5. The maximum atomic E-state index is 11.7. The number of aromatic amines is 1. The van der Waals surface area contributed by atoms with Crippen molar-refractivity contribution >= 4 is 0 Å². The summed E-state index contributed by atoms with van der Waals surface area (Å²) in [5, 5.41) is 18.5. The second kappa shape index (κ2) is 5.05. The van der Waals surface area contributed by atoms with Gasteiger partial charge in [0.25, 0.3) is 5.56 Å². The van der Waals surface area contributed by atoms with E-state index in [4.69, 9.17) is 9.84 Å². The highest BCUT2D eigenvalue weighted by Crippen LogP contribution is 2.29. The van der Waals surface area contributed by atoms with E-state index in [-0.39, 0.29) is 31.8 Å². The van der Waals surface area contributed by atoms with E-state index < -0.39 is 17.4 Å². The van der Waals surface area contributed by atoms with Crippen LogP contribution in [0.25, 0.3) is 0 Å². The Labute approximate surface area is 103 Å².